The molecule has 0 saturated carbocycles. The zero-order valence-electron chi connectivity index (χ0n) is 13.9. The number of benzene rings is 2. The van der Waals surface area contributed by atoms with Gasteiger partial charge in [0.25, 0.3) is 5.69 Å². The van der Waals surface area contributed by atoms with E-state index in [4.69, 9.17) is 13.6 Å². The number of hydrogen-bond donors (Lipinski definition) is 0. The van der Waals surface area contributed by atoms with Gasteiger partial charge in [0.1, 0.15) is 5.75 Å². The fourth-order valence-electron chi connectivity index (χ4n) is 2.74. The molecule has 0 spiro atoms. The standard InChI is InChI=1S/C17H18NO6P/c1-12-9-13(2)11-14(10-12)17-7-8-22-25(21,24-17)23-16-5-3-15(4-6-16)18(19)20/h3-6,9-11,17H,7-8H2,1-2H3/t17-,25+/m1/s1. The number of phosphoric ester groups is 1. The lowest BCUT2D eigenvalue weighted by molar-refractivity contribution is -0.384. The molecule has 2 aromatic rings. The van der Waals surface area contributed by atoms with E-state index in [1.54, 1.807) is 0 Å². The van der Waals surface area contributed by atoms with Crippen LogP contribution in [0.2, 0.25) is 0 Å². The molecule has 1 saturated heterocycles. The van der Waals surface area contributed by atoms with Gasteiger partial charge in [-0.05, 0) is 31.5 Å². The topological polar surface area (TPSA) is 87.9 Å². The van der Waals surface area contributed by atoms with Gasteiger partial charge in [-0.1, -0.05) is 29.3 Å². The smallest absolute Gasteiger partial charge is 0.404 e. The molecule has 0 amide bonds. The molecule has 0 N–H and O–H groups in total. The molecule has 3 rings (SSSR count). The van der Waals surface area contributed by atoms with Crippen molar-refractivity contribution in [3.63, 3.8) is 0 Å². The average Bonchev–Trinajstić information content (AvgIpc) is 2.54. The Morgan fingerprint density at radius 3 is 2.40 bits per heavy atom. The van der Waals surface area contributed by atoms with Crippen LogP contribution in [0.3, 0.4) is 0 Å². The zero-order chi connectivity index (χ0) is 18.0. The molecule has 1 aliphatic rings. The molecule has 8 heteroatoms. The van der Waals surface area contributed by atoms with Gasteiger partial charge in [0.15, 0.2) is 0 Å². The summed E-state index contributed by atoms with van der Waals surface area (Å²) in [5.41, 5.74) is 3.03. The summed E-state index contributed by atoms with van der Waals surface area (Å²) in [6, 6.07) is 11.3. The van der Waals surface area contributed by atoms with Crippen LogP contribution in [0.1, 0.15) is 29.2 Å². The highest BCUT2D eigenvalue weighted by molar-refractivity contribution is 7.49. The first-order valence-electron chi connectivity index (χ1n) is 7.80. The monoisotopic (exact) mass is 363 g/mol. The molecule has 132 valence electrons. The summed E-state index contributed by atoms with van der Waals surface area (Å²) < 4.78 is 29.0. The van der Waals surface area contributed by atoms with Crippen LogP contribution in [-0.4, -0.2) is 11.5 Å². The van der Waals surface area contributed by atoms with Crippen molar-refractivity contribution in [3.05, 3.63) is 69.3 Å². The molecule has 0 bridgehead atoms. The molecule has 0 radical (unpaired) electrons. The van der Waals surface area contributed by atoms with Crippen molar-refractivity contribution in [3.8, 4) is 5.75 Å². The van der Waals surface area contributed by atoms with Crippen molar-refractivity contribution in [2.24, 2.45) is 0 Å². The van der Waals surface area contributed by atoms with Crippen molar-refractivity contribution >= 4 is 13.5 Å². The normalized spacial score (nSPS) is 23.2. The van der Waals surface area contributed by atoms with Crippen molar-refractivity contribution in [1.82, 2.24) is 0 Å². The first kappa shape index (κ1) is 17.6. The predicted molar refractivity (Wildman–Crippen MR) is 91.6 cm³/mol. The lowest BCUT2D eigenvalue weighted by atomic mass is 10.0. The van der Waals surface area contributed by atoms with Crippen LogP contribution in [0, 0.1) is 24.0 Å². The zero-order valence-corrected chi connectivity index (χ0v) is 14.8. The van der Waals surface area contributed by atoms with E-state index in [-0.39, 0.29) is 18.0 Å². The molecule has 1 fully saturated rings. The third-order valence-electron chi connectivity index (χ3n) is 3.77. The van der Waals surface area contributed by atoms with E-state index in [1.165, 1.54) is 24.3 Å². The number of nitro benzene ring substituents is 1. The highest BCUT2D eigenvalue weighted by atomic mass is 31.2. The van der Waals surface area contributed by atoms with E-state index in [0.29, 0.717) is 6.42 Å². The molecular weight excluding hydrogens is 345 g/mol. The Morgan fingerprint density at radius 2 is 1.80 bits per heavy atom. The Morgan fingerprint density at radius 1 is 1.16 bits per heavy atom. The van der Waals surface area contributed by atoms with Crippen molar-refractivity contribution < 1.29 is 23.1 Å². The van der Waals surface area contributed by atoms with E-state index in [0.717, 1.165) is 16.7 Å². The van der Waals surface area contributed by atoms with Crippen molar-refractivity contribution in [2.45, 2.75) is 26.4 Å². The Bertz CT molecular complexity index is 815. The summed E-state index contributed by atoms with van der Waals surface area (Å²) in [5.74, 6) is 0.190. The van der Waals surface area contributed by atoms with Crippen molar-refractivity contribution in [1.29, 1.82) is 0 Å². The Hall–Kier alpha value is -2.21. The minimum Gasteiger partial charge on any atom is -0.404 e. The highest BCUT2D eigenvalue weighted by Gasteiger charge is 2.37. The fourth-order valence-corrected chi connectivity index (χ4v) is 4.14. The number of phosphoric acid groups is 1. The Balaban J connectivity index is 1.77. The van der Waals surface area contributed by atoms with Crippen LogP contribution in [0.4, 0.5) is 5.69 Å². The largest absolute Gasteiger partial charge is 0.530 e. The number of nitrogens with zero attached hydrogens (tertiary/aromatic N) is 1. The van der Waals surface area contributed by atoms with E-state index < -0.39 is 18.8 Å². The van der Waals surface area contributed by atoms with Crippen LogP contribution in [0.5, 0.6) is 5.75 Å². The second kappa shape index (κ2) is 6.96. The lowest BCUT2D eigenvalue weighted by Gasteiger charge is -2.29. The van der Waals surface area contributed by atoms with Gasteiger partial charge in [0.05, 0.1) is 17.6 Å². The number of rotatable bonds is 4. The minimum atomic E-state index is -3.80. The van der Waals surface area contributed by atoms with Gasteiger partial charge >= 0.3 is 7.82 Å². The number of non-ortho nitro benzene ring substituents is 1. The van der Waals surface area contributed by atoms with Crippen LogP contribution >= 0.6 is 7.82 Å². The average molecular weight is 363 g/mol. The fraction of sp³-hybridized carbons (Fsp3) is 0.294. The third kappa shape index (κ3) is 4.25. The maximum absolute atomic E-state index is 12.8. The van der Waals surface area contributed by atoms with Crippen LogP contribution < -0.4 is 4.52 Å². The second-order valence-corrected chi connectivity index (χ2v) is 7.47. The molecule has 25 heavy (non-hydrogen) atoms. The van der Waals surface area contributed by atoms with E-state index in [2.05, 4.69) is 6.07 Å². The van der Waals surface area contributed by atoms with Crippen LogP contribution in [0.25, 0.3) is 0 Å². The lowest BCUT2D eigenvalue weighted by Crippen LogP contribution is -2.16. The SMILES string of the molecule is Cc1cc(C)cc([C@H]2CCO[P@@](=O)(Oc3ccc([N+](=O)[O-])cc3)O2)c1. The van der Waals surface area contributed by atoms with E-state index in [9.17, 15) is 14.7 Å². The summed E-state index contributed by atoms with van der Waals surface area (Å²) in [5, 5.41) is 10.7. The van der Waals surface area contributed by atoms with Gasteiger partial charge in [-0.3, -0.25) is 19.2 Å². The van der Waals surface area contributed by atoms with Gasteiger partial charge in [-0.2, -0.15) is 0 Å². The maximum atomic E-state index is 12.8. The maximum Gasteiger partial charge on any atom is 0.530 e. The molecule has 1 aliphatic heterocycles. The van der Waals surface area contributed by atoms with Gasteiger partial charge in [0.2, 0.25) is 0 Å². The Kier molecular flexibility index (Phi) is 4.90. The van der Waals surface area contributed by atoms with Gasteiger partial charge in [0, 0.05) is 18.6 Å². The predicted octanol–water partition coefficient (Wildman–Crippen LogP) is 4.88. The summed E-state index contributed by atoms with van der Waals surface area (Å²) in [6.07, 6.45) is 0.174. The van der Waals surface area contributed by atoms with E-state index >= 15 is 0 Å². The van der Waals surface area contributed by atoms with Gasteiger partial charge < -0.3 is 4.52 Å². The first-order valence-corrected chi connectivity index (χ1v) is 9.26. The summed E-state index contributed by atoms with van der Waals surface area (Å²) in [7, 11) is -3.80. The highest BCUT2D eigenvalue weighted by Crippen LogP contribution is 2.56. The van der Waals surface area contributed by atoms with Crippen molar-refractivity contribution in [2.75, 3.05) is 6.61 Å². The molecule has 0 aromatic heterocycles. The second-order valence-electron chi connectivity index (χ2n) is 5.93. The third-order valence-corrected chi connectivity index (χ3v) is 5.21. The molecule has 7 nitrogen and oxygen atoms in total. The minimum absolute atomic E-state index is 0.0794. The molecule has 0 aliphatic carbocycles. The summed E-state index contributed by atoms with van der Waals surface area (Å²) in [4.78, 5) is 10.2. The number of nitro groups is 1. The van der Waals surface area contributed by atoms with Crippen LogP contribution in [-0.2, 0) is 13.6 Å². The Labute approximate surface area is 145 Å². The molecule has 0 unspecified atom stereocenters. The number of aryl methyl sites for hydroxylation is 2. The summed E-state index contributed by atoms with van der Waals surface area (Å²) >= 11 is 0. The molecule has 2 atom stereocenters. The molecule has 1 heterocycles. The number of hydrogen-bond acceptors (Lipinski definition) is 6. The van der Waals surface area contributed by atoms with E-state index in [1.807, 2.05) is 26.0 Å². The van der Waals surface area contributed by atoms with Gasteiger partial charge in [-0.25, -0.2) is 4.57 Å². The molecular formula is C17H18NO6P. The van der Waals surface area contributed by atoms with Gasteiger partial charge in [-0.15, -0.1) is 0 Å². The first-order chi connectivity index (χ1) is 11.8. The quantitative estimate of drug-likeness (QED) is 0.437. The molecule has 2 aromatic carbocycles. The summed E-state index contributed by atoms with van der Waals surface area (Å²) in [6.45, 7) is 4.22. The van der Waals surface area contributed by atoms with Crippen LogP contribution in [0.15, 0.2) is 42.5 Å².